The Morgan fingerprint density at radius 2 is 2.12 bits per heavy atom. The van der Waals surface area contributed by atoms with Crippen LogP contribution in [0.4, 0.5) is 0 Å². The maximum absolute atomic E-state index is 5.91. The van der Waals surface area contributed by atoms with Gasteiger partial charge in [-0.15, -0.1) is 0 Å². The Hall–Kier alpha value is -1.59. The molecule has 2 aliphatic rings. The molecule has 0 saturated heterocycles. The predicted molar refractivity (Wildman–Crippen MR) is 103 cm³/mol. The summed E-state index contributed by atoms with van der Waals surface area (Å²) in [5.74, 6) is 1.50. The van der Waals surface area contributed by atoms with E-state index >= 15 is 0 Å². The number of aromatic nitrogens is 3. The normalized spacial score (nSPS) is 21.1. The molecule has 1 aliphatic carbocycles. The van der Waals surface area contributed by atoms with Crippen LogP contribution in [0.1, 0.15) is 50.4 Å². The van der Waals surface area contributed by atoms with Gasteiger partial charge in [-0.2, -0.15) is 5.10 Å². The number of hydrogen-bond donors (Lipinski definition) is 0. The van der Waals surface area contributed by atoms with Crippen molar-refractivity contribution in [2.24, 2.45) is 11.8 Å². The Bertz CT molecular complexity index is 700. The lowest BCUT2D eigenvalue weighted by molar-refractivity contribution is 0.101. The maximum Gasteiger partial charge on any atom is 0.0534 e. The smallest absolute Gasteiger partial charge is 0.0534 e. The minimum atomic E-state index is 0.418. The second-order valence-corrected chi connectivity index (χ2v) is 8.42. The highest BCUT2D eigenvalue weighted by Crippen LogP contribution is 2.29. The van der Waals surface area contributed by atoms with Gasteiger partial charge in [0.25, 0.3) is 0 Å². The Morgan fingerprint density at radius 1 is 1.23 bits per heavy atom. The van der Waals surface area contributed by atoms with Crippen molar-refractivity contribution in [1.29, 1.82) is 0 Å². The highest BCUT2D eigenvalue weighted by Gasteiger charge is 2.23. The van der Waals surface area contributed by atoms with Gasteiger partial charge in [0.1, 0.15) is 0 Å². The summed E-state index contributed by atoms with van der Waals surface area (Å²) >= 11 is 0. The average molecular weight is 357 g/mol. The van der Waals surface area contributed by atoms with Gasteiger partial charge in [0.2, 0.25) is 0 Å². The lowest BCUT2D eigenvalue weighted by Crippen LogP contribution is -2.28. The monoisotopic (exact) mass is 356 g/mol. The maximum atomic E-state index is 5.91. The molecule has 0 aromatic carbocycles. The van der Waals surface area contributed by atoms with Crippen LogP contribution in [-0.4, -0.2) is 39.0 Å². The first kappa shape index (κ1) is 17.8. The standard InChI is InChI=1S/C21H32N4O/c1-17(2)25-14-20(10-22-25)12-23-11-19(7-9-26-16-18-5-6-18)13-24-8-3-4-21(24)15-23/h3-4,8,10,14,17-19H,5-7,9,11-13,15-16H2,1-2H3. The minimum Gasteiger partial charge on any atom is -0.381 e. The van der Waals surface area contributed by atoms with E-state index in [9.17, 15) is 0 Å². The van der Waals surface area contributed by atoms with E-state index in [0.717, 1.165) is 51.7 Å². The SMILES string of the molecule is CC(C)n1cc(CN2Cc3cccn3CC(CCOCC3CC3)C2)cn1. The van der Waals surface area contributed by atoms with Gasteiger partial charge in [0.05, 0.1) is 6.20 Å². The Labute approximate surface area is 156 Å². The lowest BCUT2D eigenvalue weighted by Gasteiger charge is -2.23. The summed E-state index contributed by atoms with van der Waals surface area (Å²) in [4.78, 5) is 2.58. The summed E-state index contributed by atoms with van der Waals surface area (Å²) in [5.41, 5.74) is 2.73. The zero-order valence-corrected chi connectivity index (χ0v) is 16.2. The van der Waals surface area contributed by atoms with Crippen LogP contribution < -0.4 is 0 Å². The fraction of sp³-hybridized carbons (Fsp3) is 0.667. The Kier molecular flexibility index (Phi) is 5.46. The van der Waals surface area contributed by atoms with E-state index in [2.05, 4.69) is 57.6 Å². The van der Waals surface area contributed by atoms with E-state index in [1.807, 2.05) is 6.20 Å². The van der Waals surface area contributed by atoms with Gasteiger partial charge >= 0.3 is 0 Å². The second-order valence-electron chi connectivity index (χ2n) is 8.42. The summed E-state index contributed by atoms with van der Waals surface area (Å²) in [7, 11) is 0. The van der Waals surface area contributed by atoms with Crippen LogP contribution >= 0.6 is 0 Å². The van der Waals surface area contributed by atoms with Crippen LogP contribution in [0.5, 0.6) is 0 Å². The molecule has 1 saturated carbocycles. The van der Waals surface area contributed by atoms with Crippen molar-refractivity contribution in [2.45, 2.75) is 58.8 Å². The molecule has 0 spiro atoms. The van der Waals surface area contributed by atoms with Gasteiger partial charge in [-0.1, -0.05) is 0 Å². The van der Waals surface area contributed by atoms with Gasteiger partial charge in [0.15, 0.2) is 0 Å². The average Bonchev–Trinajstić information content (AvgIpc) is 3.20. The molecule has 1 fully saturated rings. The van der Waals surface area contributed by atoms with Crippen molar-refractivity contribution < 1.29 is 4.74 Å². The fourth-order valence-electron chi connectivity index (χ4n) is 3.85. The van der Waals surface area contributed by atoms with Gasteiger partial charge in [-0.25, -0.2) is 0 Å². The van der Waals surface area contributed by atoms with Crippen LogP contribution in [0.3, 0.4) is 0 Å². The molecule has 1 atom stereocenters. The fourth-order valence-corrected chi connectivity index (χ4v) is 3.85. The van der Waals surface area contributed by atoms with Crippen LogP contribution in [0, 0.1) is 11.8 Å². The van der Waals surface area contributed by atoms with E-state index < -0.39 is 0 Å². The summed E-state index contributed by atoms with van der Waals surface area (Å²) in [6, 6.07) is 4.86. The molecule has 0 N–H and O–H groups in total. The molecule has 0 bridgehead atoms. The van der Waals surface area contributed by atoms with Crippen molar-refractivity contribution in [3.05, 3.63) is 42.0 Å². The van der Waals surface area contributed by atoms with Crippen molar-refractivity contribution in [1.82, 2.24) is 19.2 Å². The van der Waals surface area contributed by atoms with E-state index in [1.165, 1.54) is 24.1 Å². The molecule has 142 valence electrons. The van der Waals surface area contributed by atoms with Gasteiger partial charge in [-0.3, -0.25) is 9.58 Å². The van der Waals surface area contributed by atoms with Crippen LogP contribution in [0.25, 0.3) is 0 Å². The first-order valence-corrected chi connectivity index (χ1v) is 10.1. The van der Waals surface area contributed by atoms with Crippen molar-refractivity contribution in [3.8, 4) is 0 Å². The second kappa shape index (κ2) is 7.97. The third kappa shape index (κ3) is 4.57. The zero-order valence-electron chi connectivity index (χ0n) is 16.2. The quantitative estimate of drug-likeness (QED) is 0.676. The van der Waals surface area contributed by atoms with Crippen molar-refractivity contribution in [2.75, 3.05) is 19.8 Å². The molecular weight excluding hydrogens is 324 g/mol. The Morgan fingerprint density at radius 3 is 2.88 bits per heavy atom. The van der Waals surface area contributed by atoms with Gasteiger partial charge < -0.3 is 9.30 Å². The highest BCUT2D eigenvalue weighted by atomic mass is 16.5. The molecule has 2 aromatic heterocycles. The number of nitrogens with zero attached hydrogens (tertiary/aromatic N) is 4. The van der Waals surface area contributed by atoms with Gasteiger partial charge in [-0.05, 0) is 57.1 Å². The van der Waals surface area contributed by atoms with Crippen molar-refractivity contribution >= 4 is 0 Å². The van der Waals surface area contributed by atoms with Gasteiger partial charge in [0, 0.05) is 69.1 Å². The van der Waals surface area contributed by atoms with Crippen LogP contribution in [0.15, 0.2) is 30.7 Å². The molecular formula is C21H32N4O. The topological polar surface area (TPSA) is 35.2 Å². The third-order valence-electron chi connectivity index (χ3n) is 5.59. The molecule has 5 nitrogen and oxygen atoms in total. The summed E-state index contributed by atoms with van der Waals surface area (Å²) in [6.45, 7) is 10.4. The first-order valence-electron chi connectivity index (χ1n) is 10.1. The number of fused-ring (bicyclic) bond motifs is 1. The molecule has 1 aliphatic heterocycles. The molecule has 2 aromatic rings. The highest BCUT2D eigenvalue weighted by molar-refractivity contribution is 5.10. The molecule has 5 heteroatoms. The third-order valence-corrected chi connectivity index (χ3v) is 5.59. The molecule has 4 rings (SSSR count). The molecule has 1 unspecified atom stereocenters. The number of ether oxygens (including phenoxy) is 1. The number of hydrogen-bond acceptors (Lipinski definition) is 3. The first-order chi connectivity index (χ1) is 12.7. The molecule has 0 amide bonds. The molecule has 0 radical (unpaired) electrons. The van der Waals surface area contributed by atoms with E-state index in [4.69, 9.17) is 4.74 Å². The van der Waals surface area contributed by atoms with E-state index in [1.54, 1.807) is 0 Å². The number of rotatable bonds is 8. The van der Waals surface area contributed by atoms with E-state index in [-0.39, 0.29) is 0 Å². The van der Waals surface area contributed by atoms with Crippen LogP contribution in [-0.2, 0) is 24.4 Å². The minimum absolute atomic E-state index is 0.418. The summed E-state index contributed by atoms with van der Waals surface area (Å²) < 4.78 is 10.4. The lowest BCUT2D eigenvalue weighted by atomic mass is 10.1. The zero-order chi connectivity index (χ0) is 17.9. The van der Waals surface area contributed by atoms with Crippen LogP contribution in [0.2, 0.25) is 0 Å². The molecule has 3 heterocycles. The summed E-state index contributed by atoms with van der Waals surface area (Å²) in [6.07, 6.45) is 10.3. The summed E-state index contributed by atoms with van der Waals surface area (Å²) in [5, 5.41) is 4.51. The predicted octanol–water partition coefficient (Wildman–Crippen LogP) is 3.71. The largest absolute Gasteiger partial charge is 0.381 e. The van der Waals surface area contributed by atoms with Crippen molar-refractivity contribution in [3.63, 3.8) is 0 Å². The Balaban J connectivity index is 1.38. The molecule has 26 heavy (non-hydrogen) atoms. The van der Waals surface area contributed by atoms with E-state index in [0.29, 0.717) is 12.0 Å².